The Morgan fingerprint density at radius 3 is 2.90 bits per heavy atom. The van der Waals surface area contributed by atoms with Crippen LogP contribution in [0.25, 0.3) is 0 Å². The van der Waals surface area contributed by atoms with Crippen molar-refractivity contribution in [1.82, 2.24) is 4.98 Å². The van der Waals surface area contributed by atoms with Gasteiger partial charge in [0.2, 0.25) is 0 Å². The van der Waals surface area contributed by atoms with Crippen molar-refractivity contribution < 1.29 is 9.47 Å². The quantitative estimate of drug-likeness (QED) is 0.943. The lowest BCUT2D eigenvalue weighted by Crippen LogP contribution is -2.41. The van der Waals surface area contributed by atoms with Gasteiger partial charge < -0.3 is 15.2 Å². The van der Waals surface area contributed by atoms with E-state index in [1.807, 2.05) is 18.2 Å². The average molecular weight is 290 g/mol. The number of benzene rings is 1. The molecule has 20 heavy (non-hydrogen) atoms. The highest BCUT2D eigenvalue weighted by molar-refractivity contribution is 7.13. The number of hydrogen-bond donors (Lipinski definition) is 1. The predicted molar refractivity (Wildman–Crippen MR) is 79.6 cm³/mol. The van der Waals surface area contributed by atoms with E-state index in [0.29, 0.717) is 0 Å². The highest BCUT2D eigenvalue weighted by Crippen LogP contribution is 2.39. The van der Waals surface area contributed by atoms with Gasteiger partial charge in [-0.2, -0.15) is 0 Å². The maximum absolute atomic E-state index is 6.65. The summed E-state index contributed by atoms with van der Waals surface area (Å²) in [4.78, 5) is 5.71. The van der Waals surface area contributed by atoms with E-state index in [0.717, 1.165) is 41.5 Å². The van der Waals surface area contributed by atoms with Gasteiger partial charge in [0.1, 0.15) is 5.75 Å². The molecule has 0 saturated carbocycles. The van der Waals surface area contributed by atoms with E-state index in [-0.39, 0.29) is 5.54 Å². The summed E-state index contributed by atoms with van der Waals surface area (Å²) in [5.41, 5.74) is 8.56. The molecule has 1 aromatic heterocycles. The van der Waals surface area contributed by atoms with Crippen LogP contribution in [-0.2, 0) is 18.4 Å². The van der Waals surface area contributed by atoms with E-state index in [9.17, 15) is 0 Å². The van der Waals surface area contributed by atoms with E-state index >= 15 is 0 Å². The van der Waals surface area contributed by atoms with Crippen molar-refractivity contribution in [1.29, 1.82) is 0 Å². The first kappa shape index (κ1) is 13.4. The fraction of sp³-hybridized carbons (Fsp3) is 0.400. The molecule has 1 aliphatic rings. The van der Waals surface area contributed by atoms with Gasteiger partial charge in [0.15, 0.2) is 0 Å². The average Bonchev–Trinajstić information content (AvgIpc) is 2.89. The van der Waals surface area contributed by atoms with Crippen molar-refractivity contribution in [2.24, 2.45) is 5.73 Å². The van der Waals surface area contributed by atoms with Crippen molar-refractivity contribution >= 4 is 11.3 Å². The number of nitrogens with zero attached hydrogens (tertiary/aromatic N) is 1. The van der Waals surface area contributed by atoms with Gasteiger partial charge in [0.25, 0.3) is 5.19 Å². The monoisotopic (exact) mass is 290 g/mol. The van der Waals surface area contributed by atoms with Crippen LogP contribution in [0.1, 0.15) is 22.6 Å². The molecule has 1 atom stereocenters. The van der Waals surface area contributed by atoms with Crippen LogP contribution in [0.4, 0.5) is 0 Å². The van der Waals surface area contributed by atoms with Crippen molar-refractivity contribution in [2.45, 2.75) is 24.8 Å². The Morgan fingerprint density at radius 1 is 1.30 bits per heavy atom. The van der Waals surface area contributed by atoms with Crippen LogP contribution in [0.15, 0.2) is 24.3 Å². The number of ether oxygens (including phenoxy) is 2. The van der Waals surface area contributed by atoms with Gasteiger partial charge >= 0.3 is 0 Å². The normalized spacial score (nSPS) is 21.4. The highest BCUT2D eigenvalue weighted by atomic mass is 32.1. The Morgan fingerprint density at radius 2 is 2.15 bits per heavy atom. The lowest BCUT2D eigenvalue weighted by molar-refractivity contribution is 0.376. The van der Waals surface area contributed by atoms with Gasteiger partial charge in [-0.1, -0.05) is 23.5 Å². The first-order valence-electron chi connectivity index (χ1n) is 6.60. The van der Waals surface area contributed by atoms with Crippen molar-refractivity contribution in [3.05, 3.63) is 40.4 Å². The Hall–Kier alpha value is -1.59. The van der Waals surface area contributed by atoms with E-state index in [1.165, 1.54) is 4.88 Å². The topological polar surface area (TPSA) is 57.4 Å². The number of fused-ring (bicyclic) bond motifs is 1. The van der Waals surface area contributed by atoms with E-state index in [4.69, 9.17) is 15.2 Å². The molecule has 1 heterocycles. The molecular formula is C15H18N2O2S. The molecular weight excluding hydrogens is 272 g/mol. The fourth-order valence-electron chi connectivity index (χ4n) is 2.68. The van der Waals surface area contributed by atoms with Gasteiger partial charge in [-0.3, -0.25) is 0 Å². The molecule has 0 bridgehead atoms. The van der Waals surface area contributed by atoms with Crippen LogP contribution in [0, 0.1) is 0 Å². The van der Waals surface area contributed by atoms with Crippen LogP contribution in [0.3, 0.4) is 0 Å². The number of rotatable bonds is 3. The molecule has 0 radical (unpaired) electrons. The summed E-state index contributed by atoms with van der Waals surface area (Å²) < 4.78 is 10.5. The van der Waals surface area contributed by atoms with E-state index < -0.39 is 0 Å². The predicted octanol–water partition coefficient (Wildman–Crippen LogP) is 2.50. The molecule has 0 fully saturated rings. The Bertz CT molecular complexity index is 626. The highest BCUT2D eigenvalue weighted by Gasteiger charge is 2.34. The Kier molecular flexibility index (Phi) is 3.40. The van der Waals surface area contributed by atoms with Crippen LogP contribution in [0.2, 0.25) is 0 Å². The summed E-state index contributed by atoms with van der Waals surface area (Å²) in [6.45, 7) is 0. The second-order valence-corrected chi connectivity index (χ2v) is 6.16. The van der Waals surface area contributed by atoms with Gasteiger partial charge in [-0.25, -0.2) is 4.98 Å². The number of nitrogens with two attached hydrogens (primary N) is 1. The molecule has 0 aliphatic heterocycles. The number of methoxy groups -OCH3 is 2. The van der Waals surface area contributed by atoms with Crippen molar-refractivity contribution in [2.75, 3.05) is 14.2 Å². The molecule has 0 spiro atoms. The molecule has 1 aromatic carbocycles. The first-order chi connectivity index (χ1) is 9.64. The molecule has 2 aromatic rings. The van der Waals surface area contributed by atoms with Crippen molar-refractivity contribution in [3.63, 3.8) is 0 Å². The minimum Gasteiger partial charge on any atom is -0.497 e. The lowest BCUT2D eigenvalue weighted by Gasteiger charge is -2.33. The zero-order valence-electron chi connectivity index (χ0n) is 11.7. The summed E-state index contributed by atoms with van der Waals surface area (Å²) in [6.07, 6.45) is 2.58. The van der Waals surface area contributed by atoms with Crippen LogP contribution in [-0.4, -0.2) is 19.2 Å². The van der Waals surface area contributed by atoms with E-state index in [2.05, 4.69) is 11.1 Å². The summed E-state index contributed by atoms with van der Waals surface area (Å²) in [7, 11) is 3.33. The maximum Gasteiger partial charge on any atom is 0.273 e. The number of aryl methyl sites for hydroxylation is 1. The smallest absolute Gasteiger partial charge is 0.273 e. The molecule has 0 saturated heterocycles. The molecule has 106 valence electrons. The maximum atomic E-state index is 6.65. The largest absolute Gasteiger partial charge is 0.497 e. The Labute approximate surface area is 122 Å². The second kappa shape index (κ2) is 5.07. The molecule has 1 unspecified atom stereocenters. The zero-order valence-corrected chi connectivity index (χ0v) is 12.5. The first-order valence-corrected chi connectivity index (χ1v) is 7.42. The number of hydrogen-bond acceptors (Lipinski definition) is 5. The number of thiazole rings is 1. The molecule has 5 heteroatoms. The third-order valence-corrected chi connectivity index (χ3v) is 4.92. The summed E-state index contributed by atoms with van der Waals surface area (Å²) in [6, 6.07) is 8.04. The molecule has 2 N–H and O–H groups in total. The van der Waals surface area contributed by atoms with Crippen LogP contribution >= 0.6 is 11.3 Å². The van der Waals surface area contributed by atoms with Gasteiger partial charge in [-0.15, -0.1) is 0 Å². The second-order valence-electron chi connectivity index (χ2n) is 5.12. The zero-order chi connectivity index (χ0) is 14.2. The third-order valence-electron chi connectivity index (χ3n) is 3.86. The standard InChI is InChI=1S/C15H18N2O2S/c1-18-11-5-3-4-10(8-11)15(16)7-6-12-13(9-15)20-14(17-12)19-2/h3-5,8H,6-7,9,16H2,1-2H3. The van der Waals surface area contributed by atoms with Gasteiger partial charge in [0.05, 0.1) is 19.9 Å². The molecule has 4 nitrogen and oxygen atoms in total. The third kappa shape index (κ3) is 2.27. The summed E-state index contributed by atoms with van der Waals surface area (Å²) in [5.74, 6) is 0.847. The van der Waals surface area contributed by atoms with Crippen LogP contribution < -0.4 is 15.2 Å². The van der Waals surface area contributed by atoms with Gasteiger partial charge in [0, 0.05) is 16.8 Å². The van der Waals surface area contributed by atoms with E-state index in [1.54, 1.807) is 25.6 Å². The molecule has 1 aliphatic carbocycles. The Balaban J connectivity index is 1.93. The molecule has 3 rings (SSSR count). The minimum absolute atomic E-state index is 0.348. The molecule has 0 amide bonds. The summed E-state index contributed by atoms with van der Waals surface area (Å²) >= 11 is 1.60. The SMILES string of the molecule is COc1cccc(C2(N)CCc3nc(OC)sc3C2)c1. The number of aromatic nitrogens is 1. The summed E-state index contributed by atoms with van der Waals surface area (Å²) in [5, 5.41) is 0.727. The van der Waals surface area contributed by atoms with Gasteiger partial charge in [-0.05, 0) is 30.5 Å². The van der Waals surface area contributed by atoms with Crippen LogP contribution in [0.5, 0.6) is 10.9 Å². The van der Waals surface area contributed by atoms with Crippen molar-refractivity contribution in [3.8, 4) is 10.9 Å². The fourth-order valence-corrected chi connectivity index (χ4v) is 3.72. The minimum atomic E-state index is -0.348. The lowest BCUT2D eigenvalue weighted by atomic mass is 9.78.